The maximum atomic E-state index is 12.5. The molecule has 1 amide bonds. The number of aromatic nitrogens is 1. The van der Waals surface area contributed by atoms with Gasteiger partial charge in [0, 0.05) is 45.8 Å². The number of esters is 3. The minimum Gasteiger partial charge on any atom is -0.465 e. The van der Waals surface area contributed by atoms with Gasteiger partial charge in [-0.25, -0.2) is 4.79 Å². The molecule has 0 atom stereocenters. The first kappa shape index (κ1) is 36.6. The zero-order valence-corrected chi connectivity index (χ0v) is 27.1. The Morgan fingerprint density at radius 1 is 0.773 bits per heavy atom. The smallest absolute Gasteiger partial charge is 0.407 e. The van der Waals surface area contributed by atoms with Crippen LogP contribution in [-0.4, -0.2) is 121 Å². The molecule has 1 aliphatic heterocycles. The summed E-state index contributed by atoms with van der Waals surface area (Å²) >= 11 is 0. The summed E-state index contributed by atoms with van der Waals surface area (Å²) in [6, 6.07) is 3.84. The van der Waals surface area contributed by atoms with Gasteiger partial charge in [-0.2, -0.15) is 0 Å². The van der Waals surface area contributed by atoms with Gasteiger partial charge in [0.25, 0.3) is 0 Å². The van der Waals surface area contributed by atoms with Gasteiger partial charge in [-0.3, -0.25) is 34.1 Å². The second-order valence-electron chi connectivity index (χ2n) is 11.3. The molecule has 1 aromatic heterocycles. The fraction of sp³-hybridized carbons (Fsp3) is 0.645. The number of hydrogen-bond acceptors (Lipinski definition) is 12. The number of ether oxygens (including phenoxy) is 4. The number of alkyl carbamates (subject to hydrolysis) is 1. The molecular weight excluding hydrogens is 570 g/mol. The molecule has 1 aromatic rings. The topological polar surface area (TPSA) is 140 Å². The van der Waals surface area contributed by atoms with Crippen LogP contribution < -0.4 is 5.32 Å². The fourth-order valence-electron chi connectivity index (χ4n) is 4.47. The monoisotopic (exact) mass is 619 g/mol. The number of rotatable bonds is 12. The van der Waals surface area contributed by atoms with E-state index in [1.54, 1.807) is 41.5 Å². The number of amides is 1. The average Bonchev–Trinajstić information content (AvgIpc) is 2.91. The summed E-state index contributed by atoms with van der Waals surface area (Å²) in [5, 5.41) is 2.71. The highest BCUT2D eigenvalue weighted by atomic mass is 16.6. The summed E-state index contributed by atoms with van der Waals surface area (Å²) in [5.74, 6) is -1.03. The van der Waals surface area contributed by atoms with E-state index in [0.29, 0.717) is 39.3 Å². The molecule has 13 nitrogen and oxygen atoms in total. The van der Waals surface area contributed by atoms with Gasteiger partial charge in [0.05, 0.1) is 50.8 Å². The summed E-state index contributed by atoms with van der Waals surface area (Å²) < 4.78 is 20.9. The van der Waals surface area contributed by atoms with Crippen LogP contribution in [0.15, 0.2) is 18.2 Å². The van der Waals surface area contributed by atoms with Crippen LogP contribution in [0.25, 0.3) is 6.08 Å². The first-order valence-corrected chi connectivity index (χ1v) is 15.2. The lowest BCUT2D eigenvalue weighted by Gasteiger charge is -2.30. The summed E-state index contributed by atoms with van der Waals surface area (Å²) in [4.78, 5) is 60.0. The lowest BCUT2D eigenvalue weighted by atomic mass is 10.1. The Bertz CT molecular complexity index is 1070. The molecule has 2 rings (SSSR count). The van der Waals surface area contributed by atoms with E-state index in [-0.39, 0.29) is 63.9 Å². The minimum atomic E-state index is -0.591. The molecule has 1 N–H and O–H groups in total. The molecule has 44 heavy (non-hydrogen) atoms. The minimum absolute atomic E-state index is 0.0625. The zero-order valence-electron chi connectivity index (χ0n) is 27.1. The van der Waals surface area contributed by atoms with Crippen molar-refractivity contribution in [2.45, 2.75) is 60.2 Å². The van der Waals surface area contributed by atoms with Gasteiger partial charge in [-0.05, 0) is 59.2 Å². The van der Waals surface area contributed by atoms with Gasteiger partial charge < -0.3 is 24.3 Å². The van der Waals surface area contributed by atoms with Crippen molar-refractivity contribution in [2.24, 2.45) is 0 Å². The van der Waals surface area contributed by atoms with Crippen LogP contribution in [-0.2, 0) is 46.4 Å². The van der Waals surface area contributed by atoms with Crippen molar-refractivity contribution in [3.05, 3.63) is 35.2 Å². The van der Waals surface area contributed by atoms with Crippen LogP contribution in [0, 0.1) is 0 Å². The predicted octanol–water partition coefficient (Wildman–Crippen LogP) is 2.23. The number of pyridine rings is 1. The second kappa shape index (κ2) is 19.0. The Kier molecular flexibility index (Phi) is 15.8. The van der Waals surface area contributed by atoms with E-state index in [1.807, 2.05) is 39.0 Å². The first-order valence-electron chi connectivity index (χ1n) is 15.2. The molecule has 0 aromatic carbocycles. The van der Waals surface area contributed by atoms with Gasteiger partial charge in [0.15, 0.2) is 0 Å². The maximum absolute atomic E-state index is 12.5. The van der Waals surface area contributed by atoms with Gasteiger partial charge in [-0.1, -0.05) is 12.2 Å². The van der Waals surface area contributed by atoms with E-state index < -0.39 is 11.7 Å². The number of hydrogen-bond donors (Lipinski definition) is 1. The molecule has 2 heterocycles. The highest BCUT2D eigenvalue weighted by Crippen LogP contribution is 2.15. The SMILES string of the molecule is CCOC(=O)CN1CCN(CC(=O)OCC)Cc2cc(/C=C\CNC(=O)OC(C)(C)C)cc(n2)CN(CC(=O)OCC)CC1. The Morgan fingerprint density at radius 2 is 1.20 bits per heavy atom. The van der Waals surface area contributed by atoms with E-state index in [9.17, 15) is 19.2 Å². The fourth-order valence-corrected chi connectivity index (χ4v) is 4.47. The van der Waals surface area contributed by atoms with Crippen molar-refractivity contribution in [1.82, 2.24) is 25.0 Å². The lowest BCUT2D eigenvalue weighted by molar-refractivity contribution is -0.146. The largest absolute Gasteiger partial charge is 0.465 e. The van der Waals surface area contributed by atoms with E-state index in [4.69, 9.17) is 23.9 Å². The number of carbonyl (C=O) groups is 4. The van der Waals surface area contributed by atoms with E-state index in [1.165, 1.54) is 0 Å². The third-order valence-electron chi connectivity index (χ3n) is 6.24. The molecule has 246 valence electrons. The van der Waals surface area contributed by atoms with Crippen molar-refractivity contribution in [1.29, 1.82) is 0 Å². The Morgan fingerprint density at radius 3 is 1.64 bits per heavy atom. The van der Waals surface area contributed by atoms with Crippen molar-refractivity contribution < 1.29 is 38.1 Å². The van der Waals surface area contributed by atoms with Crippen molar-refractivity contribution in [3.8, 4) is 0 Å². The van der Waals surface area contributed by atoms with Crippen LogP contribution >= 0.6 is 0 Å². The van der Waals surface area contributed by atoms with Gasteiger partial charge >= 0.3 is 24.0 Å². The Hall–Kier alpha value is -3.55. The normalized spacial score (nSPS) is 15.6. The third kappa shape index (κ3) is 15.3. The highest BCUT2D eigenvalue weighted by molar-refractivity contribution is 5.72. The van der Waals surface area contributed by atoms with Gasteiger partial charge in [0.1, 0.15) is 5.60 Å². The summed E-state index contributed by atoms with van der Waals surface area (Å²) in [6.45, 7) is 14.6. The van der Waals surface area contributed by atoms with Gasteiger partial charge in [-0.15, -0.1) is 0 Å². The quantitative estimate of drug-likeness (QED) is 0.271. The Balaban J connectivity index is 2.36. The van der Waals surface area contributed by atoms with Crippen LogP contribution in [0.3, 0.4) is 0 Å². The van der Waals surface area contributed by atoms with E-state index >= 15 is 0 Å². The molecule has 0 unspecified atom stereocenters. The average molecular weight is 620 g/mol. The summed E-state index contributed by atoms with van der Waals surface area (Å²) in [6.07, 6.45) is 3.19. The molecule has 1 aliphatic rings. The van der Waals surface area contributed by atoms with Crippen LogP contribution in [0.4, 0.5) is 4.79 Å². The predicted molar refractivity (Wildman–Crippen MR) is 164 cm³/mol. The summed E-state index contributed by atoms with van der Waals surface area (Å²) in [5.41, 5.74) is 1.70. The second-order valence-corrected chi connectivity index (χ2v) is 11.3. The van der Waals surface area contributed by atoms with Crippen LogP contribution in [0.5, 0.6) is 0 Å². The van der Waals surface area contributed by atoms with Crippen molar-refractivity contribution >= 4 is 30.1 Å². The molecular formula is C31H49N5O8. The van der Waals surface area contributed by atoms with Crippen molar-refractivity contribution in [3.63, 3.8) is 0 Å². The molecule has 0 saturated heterocycles. The standard InChI is InChI=1S/C31H49N5O8/c1-7-41-27(37)21-34-13-15-35(22-28(38)42-8-2)19-25-17-24(11-10-12-32-30(40)44-31(4,5)6)18-26(33-25)20-36(16-14-34)23-29(39)43-9-3/h10-11,17-18H,7-9,12-16,19-23H2,1-6H3,(H,32,40)/b11-10-. The Labute approximate surface area is 260 Å². The molecule has 0 aliphatic carbocycles. The zero-order chi connectivity index (χ0) is 32.5. The molecule has 13 heteroatoms. The van der Waals surface area contributed by atoms with E-state index in [0.717, 1.165) is 17.0 Å². The van der Waals surface area contributed by atoms with Gasteiger partial charge in [0.2, 0.25) is 0 Å². The number of nitrogens with zero attached hydrogens (tertiary/aromatic N) is 4. The molecule has 0 saturated carbocycles. The van der Waals surface area contributed by atoms with Crippen LogP contribution in [0.1, 0.15) is 58.5 Å². The summed E-state index contributed by atoms with van der Waals surface area (Å²) in [7, 11) is 0. The maximum Gasteiger partial charge on any atom is 0.407 e. The highest BCUT2D eigenvalue weighted by Gasteiger charge is 2.21. The van der Waals surface area contributed by atoms with E-state index in [2.05, 4.69) is 5.32 Å². The molecule has 0 spiro atoms. The first-order chi connectivity index (χ1) is 20.9. The molecule has 0 radical (unpaired) electrons. The molecule has 0 fully saturated rings. The van der Waals surface area contributed by atoms with Crippen LogP contribution in [0.2, 0.25) is 0 Å². The number of fused-ring (bicyclic) bond motifs is 2. The lowest BCUT2D eigenvalue weighted by Crippen LogP contribution is -2.44. The number of nitrogens with one attached hydrogen (secondary N) is 1. The third-order valence-corrected chi connectivity index (χ3v) is 6.24. The molecule has 2 bridgehead atoms. The van der Waals surface area contributed by atoms with Crippen molar-refractivity contribution in [2.75, 3.05) is 72.2 Å². The number of carbonyl (C=O) groups excluding carboxylic acids is 4.